The Morgan fingerprint density at radius 3 is 2.56 bits per heavy atom. The topological polar surface area (TPSA) is 60.4 Å². The van der Waals surface area contributed by atoms with Gasteiger partial charge in [-0.3, -0.25) is 9.00 Å². The summed E-state index contributed by atoms with van der Waals surface area (Å²) in [6.07, 6.45) is 2.55. The van der Waals surface area contributed by atoms with Crippen molar-refractivity contribution in [2.75, 3.05) is 6.26 Å². The number of esters is 1. The zero-order valence-corrected chi connectivity index (χ0v) is 16.1. The van der Waals surface area contributed by atoms with Crippen LogP contribution >= 0.6 is 11.3 Å². The molecule has 0 saturated carbocycles. The van der Waals surface area contributed by atoms with Gasteiger partial charge < -0.3 is 4.74 Å². The molecule has 1 aliphatic carbocycles. The molecule has 1 aromatic heterocycles. The molecule has 4 nitrogen and oxygen atoms in total. The van der Waals surface area contributed by atoms with Gasteiger partial charge in [0.15, 0.2) is 5.78 Å². The van der Waals surface area contributed by atoms with Crippen molar-refractivity contribution in [3.05, 3.63) is 51.9 Å². The summed E-state index contributed by atoms with van der Waals surface area (Å²) in [5.74, 6) is -0.484. The van der Waals surface area contributed by atoms with Crippen LogP contribution in [0.2, 0.25) is 0 Å². The maximum Gasteiger partial charge on any atom is 0.348 e. The molecule has 3 rings (SSSR count). The summed E-state index contributed by atoms with van der Waals surface area (Å²) < 4.78 is 18.0. The van der Waals surface area contributed by atoms with E-state index in [0.717, 1.165) is 16.9 Å². The highest BCUT2D eigenvalue weighted by Gasteiger charge is 2.38. The highest BCUT2D eigenvalue weighted by Crippen LogP contribution is 2.42. The Kier molecular flexibility index (Phi) is 4.93. The van der Waals surface area contributed by atoms with Gasteiger partial charge in [-0.1, -0.05) is 44.2 Å². The number of carbonyl (C=O) groups excluding carboxylic acids is 2. The summed E-state index contributed by atoms with van der Waals surface area (Å²) in [6.45, 7) is 4.19. The van der Waals surface area contributed by atoms with Crippen LogP contribution in [0, 0.1) is 5.41 Å². The van der Waals surface area contributed by atoms with E-state index in [-0.39, 0.29) is 17.8 Å². The molecule has 2 aromatic rings. The molecule has 0 aliphatic heterocycles. The highest BCUT2D eigenvalue weighted by atomic mass is 32.2. The molecule has 1 aliphatic rings. The van der Waals surface area contributed by atoms with Crippen LogP contribution < -0.4 is 0 Å². The van der Waals surface area contributed by atoms with Crippen LogP contribution in [0.15, 0.2) is 34.5 Å². The zero-order valence-electron chi connectivity index (χ0n) is 14.5. The molecule has 1 heterocycles. The minimum Gasteiger partial charge on any atom is -0.457 e. The molecule has 132 valence electrons. The van der Waals surface area contributed by atoms with E-state index in [1.807, 2.05) is 44.2 Å². The smallest absolute Gasteiger partial charge is 0.348 e. The Labute approximate surface area is 153 Å². The molecule has 1 aromatic carbocycles. The van der Waals surface area contributed by atoms with Crippen LogP contribution in [-0.2, 0) is 28.6 Å². The molecule has 0 fully saturated rings. The molecule has 0 radical (unpaired) electrons. The normalized spacial score (nSPS) is 17.0. The van der Waals surface area contributed by atoms with E-state index in [1.54, 1.807) is 0 Å². The van der Waals surface area contributed by atoms with Gasteiger partial charge in [-0.25, -0.2) is 4.79 Å². The standard InChI is InChI=1S/C19H20O4S2/c1-19(2)9-13-15(14(20)10-19)18(25(3)22)24-16(13)17(21)23-11-12-7-5-4-6-8-12/h4-8H,9-11H2,1-3H3/t25-/m1/s1. The van der Waals surface area contributed by atoms with Crippen LogP contribution in [0.25, 0.3) is 0 Å². The molecular formula is C19H20O4S2. The van der Waals surface area contributed by atoms with Crippen LogP contribution in [0.5, 0.6) is 0 Å². The minimum atomic E-state index is -1.31. The molecular weight excluding hydrogens is 356 g/mol. The third-order valence-electron chi connectivity index (χ3n) is 4.21. The summed E-state index contributed by atoms with van der Waals surface area (Å²) in [7, 11) is -1.31. The van der Waals surface area contributed by atoms with Gasteiger partial charge in [0.2, 0.25) is 0 Å². The number of ketones is 1. The lowest BCUT2D eigenvalue weighted by molar-refractivity contribution is 0.0476. The number of rotatable bonds is 4. The van der Waals surface area contributed by atoms with Gasteiger partial charge in [0.05, 0.1) is 10.8 Å². The average Bonchev–Trinajstić information content (AvgIpc) is 2.92. The number of hydrogen-bond acceptors (Lipinski definition) is 5. The van der Waals surface area contributed by atoms with Crippen molar-refractivity contribution in [2.45, 2.75) is 37.5 Å². The third-order valence-corrected chi connectivity index (χ3v) is 6.89. The lowest BCUT2D eigenvalue weighted by Crippen LogP contribution is -2.27. The van der Waals surface area contributed by atoms with E-state index >= 15 is 0 Å². The Balaban J connectivity index is 1.93. The van der Waals surface area contributed by atoms with Gasteiger partial charge in [0.1, 0.15) is 15.7 Å². The van der Waals surface area contributed by atoms with Crippen LogP contribution in [-0.4, -0.2) is 22.2 Å². The van der Waals surface area contributed by atoms with Gasteiger partial charge in [0.25, 0.3) is 0 Å². The summed E-state index contributed by atoms with van der Waals surface area (Å²) in [5.41, 5.74) is 1.87. The predicted molar refractivity (Wildman–Crippen MR) is 98.6 cm³/mol. The van der Waals surface area contributed by atoms with E-state index in [9.17, 15) is 13.8 Å². The molecule has 25 heavy (non-hydrogen) atoms. The zero-order chi connectivity index (χ0) is 18.2. The minimum absolute atomic E-state index is 0.0326. The SMILES string of the molecule is C[S@@](=O)c1sc(C(=O)OCc2ccccc2)c2c1C(=O)CC(C)(C)C2. The third kappa shape index (κ3) is 3.75. The van der Waals surface area contributed by atoms with Gasteiger partial charge in [-0.05, 0) is 23.0 Å². The van der Waals surface area contributed by atoms with Gasteiger partial charge in [-0.2, -0.15) is 0 Å². The molecule has 0 bridgehead atoms. The van der Waals surface area contributed by atoms with Crippen molar-refractivity contribution in [1.82, 2.24) is 0 Å². The molecule has 6 heteroatoms. The monoisotopic (exact) mass is 376 g/mol. The van der Waals surface area contributed by atoms with E-state index in [1.165, 1.54) is 6.26 Å². The number of benzene rings is 1. The fourth-order valence-corrected chi connectivity index (χ4v) is 5.32. The number of thiophene rings is 1. The maximum atomic E-state index is 12.6. The van der Waals surface area contributed by atoms with Crippen molar-refractivity contribution in [3.63, 3.8) is 0 Å². The van der Waals surface area contributed by atoms with Gasteiger partial charge in [-0.15, -0.1) is 11.3 Å². The van der Waals surface area contributed by atoms with E-state index < -0.39 is 16.8 Å². The lowest BCUT2D eigenvalue weighted by Gasteiger charge is -2.29. The second-order valence-electron chi connectivity index (χ2n) is 7.03. The number of ether oxygens (including phenoxy) is 1. The van der Waals surface area contributed by atoms with Crippen molar-refractivity contribution in [2.24, 2.45) is 5.41 Å². The first-order chi connectivity index (χ1) is 11.8. The van der Waals surface area contributed by atoms with Gasteiger partial charge >= 0.3 is 5.97 Å². The van der Waals surface area contributed by atoms with Crippen molar-refractivity contribution in [1.29, 1.82) is 0 Å². The number of fused-ring (bicyclic) bond motifs is 1. The Hall–Kier alpha value is -1.79. The Morgan fingerprint density at radius 2 is 1.92 bits per heavy atom. The fourth-order valence-electron chi connectivity index (χ4n) is 3.11. The first-order valence-corrected chi connectivity index (χ1v) is 10.4. The highest BCUT2D eigenvalue weighted by molar-refractivity contribution is 7.86. The molecule has 0 N–H and O–H groups in total. The number of carbonyl (C=O) groups is 2. The lowest BCUT2D eigenvalue weighted by atomic mass is 9.74. The maximum absolute atomic E-state index is 12.6. The van der Waals surface area contributed by atoms with Crippen LogP contribution in [0.3, 0.4) is 0 Å². The molecule has 0 amide bonds. The quantitative estimate of drug-likeness (QED) is 0.757. The van der Waals surface area contributed by atoms with Crippen LogP contribution in [0.4, 0.5) is 0 Å². The summed E-state index contributed by atoms with van der Waals surface area (Å²) in [4.78, 5) is 25.6. The summed E-state index contributed by atoms with van der Waals surface area (Å²) in [5, 5.41) is 0. The largest absolute Gasteiger partial charge is 0.457 e. The number of Topliss-reactive ketones (excluding diaryl/α,β-unsaturated/α-hetero) is 1. The molecule has 1 atom stereocenters. The second-order valence-corrected chi connectivity index (χ2v) is 9.62. The van der Waals surface area contributed by atoms with Crippen molar-refractivity contribution >= 4 is 33.9 Å². The first-order valence-electron chi connectivity index (χ1n) is 8.02. The molecule has 0 unspecified atom stereocenters. The van der Waals surface area contributed by atoms with E-state index in [0.29, 0.717) is 33.1 Å². The Bertz CT molecular complexity index is 850. The predicted octanol–water partition coefficient (Wildman–Crippen LogP) is 4.00. The molecule has 0 spiro atoms. The van der Waals surface area contributed by atoms with Crippen molar-refractivity contribution < 1.29 is 18.5 Å². The second kappa shape index (κ2) is 6.84. The molecule has 0 saturated heterocycles. The van der Waals surface area contributed by atoms with Crippen LogP contribution in [0.1, 0.15) is 51.4 Å². The number of hydrogen-bond donors (Lipinski definition) is 0. The summed E-state index contributed by atoms with van der Waals surface area (Å²) >= 11 is 1.14. The average molecular weight is 376 g/mol. The Morgan fingerprint density at radius 1 is 1.24 bits per heavy atom. The fraction of sp³-hybridized carbons (Fsp3) is 0.368. The first kappa shape index (κ1) is 18.0. The van der Waals surface area contributed by atoms with Gasteiger partial charge in [0, 0.05) is 18.2 Å². The summed E-state index contributed by atoms with van der Waals surface area (Å²) in [6, 6.07) is 9.44. The van der Waals surface area contributed by atoms with E-state index in [4.69, 9.17) is 4.74 Å². The van der Waals surface area contributed by atoms with Crippen molar-refractivity contribution in [3.8, 4) is 0 Å². The van der Waals surface area contributed by atoms with E-state index in [2.05, 4.69) is 0 Å².